The number of hydrazone groups is 1. The summed E-state index contributed by atoms with van der Waals surface area (Å²) in [6.07, 6.45) is 1.66. The van der Waals surface area contributed by atoms with Crippen LogP contribution in [-0.4, -0.2) is 14.3 Å². The first-order valence-electron chi connectivity index (χ1n) is 4.38. The SMILES string of the molecule is C[Si](C)(C)c1ccc(C=NN)cc1. The molecule has 2 N–H and O–H groups in total. The number of hydrogen-bond donors (Lipinski definition) is 1. The largest absolute Gasteiger partial charge is 0.323 e. The van der Waals surface area contributed by atoms with Crippen LogP contribution in [-0.2, 0) is 0 Å². The highest BCUT2D eigenvalue weighted by Gasteiger charge is 2.15. The second-order valence-corrected chi connectivity index (χ2v) is 9.23. The van der Waals surface area contributed by atoms with E-state index in [0.717, 1.165) is 5.56 Å². The van der Waals surface area contributed by atoms with Crippen molar-refractivity contribution in [1.29, 1.82) is 0 Å². The molecule has 0 saturated carbocycles. The third-order valence-corrected chi connectivity index (χ3v) is 4.07. The van der Waals surface area contributed by atoms with Crippen molar-refractivity contribution in [1.82, 2.24) is 0 Å². The lowest BCUT2D eigenvalue weighted by Crippen LogP contribution is -2.37. The summed E-state index contributed by atoms with van der Waals surface area (Å²) in [4.78, 5) is 0. The minimum Gasteiger partial charge on any atom is -0.323 e. The Hall–Kier alpha value is -1.09. The van der Waals surface area contributed by atoms with E-state index >= 15 is 0 Å². The number of nitrogens with two attached hydrogens (primary N) is 1. The number of benzene rings is 1. The summed E-state index contributed by atoms with van der Waals surface area (Å²) in [7, 11) is -1.15. The van der Waals surface area contributed by atoms with Crippen LogP contribution in [0.25, 0.3) is 0 Å². The third kappa shape index (κ3) is 2.70. The Bertz CT molecular complexity index is 296. The molecule has 0 aliphatic carbocycles. The summed E-state index contributed by atoms with van der Waals surface area (Å²) in [5, 5.41) is 4.94. The number of hydrogen-bond acceptors (Lipinski definition) is 2. The van der Waals surface area contributed by atoms with Crippen LogP contribution < -0.4 is 11.0 Å². The molecule has 0 heterocycles. The van der Waals surface area contributed by atoms with E-state index in [2.05, 4.69) is 49.0 Å². The molecule has 3 heteroatoms. The zero-order valence-corrected chi connectivity index (χ0v) is 9.41. The molecule has 1 aromatic carbocycles. The maximum Gasteiger partial charge on any atom is 0.0775 e. The van der Waals surface area contributed by atoms with Gasteiger partial charge in [-0.15, -0.1) is 0 Å². The molecule has 1 rings (SSSR count). The predicted molar refractivity (Wildman–Crippen MR) is 61.2 cm³/mol. The highest BCUT2D eigenvalue weighted by atomic mass is 28.3. The molecule has 0 saturated heterocycles. The number of rotatable bonds is 2. The molecule has 1 aromatic rings. The lowest BCUT2D eigenvalue weighted by Gasteiger charge is -2.16. The van der Waals surface area contributed by atoms with E-state index in [9.17, 15) is 0 Å². The van der Waals surface area contributed by atoms with Gasteiger partial charge in [0.05, 0.1) is 14.3 Å². The van der Waals surface area contributed by atoms with Crippen LogP contribution in [0.15, 0.2) is 29.4 Å². The van der Waals surface area contributed by atoms with Crippen molar-refractivity contribution in [2.75, 3.05) is 0 Å². The molecule has 0 unspecified atom stereocenters. The summed E-state index contributed by atoms with van der Waals surface area (Å²) in [5.41, 5.74) is 1.06. The molecule has 0 spiro atoms. The van der Waals surface area contributed by atoms with Gasteiger partial charge in [0.1, 0.15) is 0 Å². The maximum atomic E-state index is 5.06. The summed E-state index contributed by atoms with van der Waals surface area (Å²) in [6.45, 7) is 7.00. The van der Waals surface area contributed by atoms with Gasteiger partial charge in [0.15, 0.2) is 0 Å². The van der Waals surface area contributed by atoms with Gasteiger partial charge in [-0.2, -0.15) is 5.10 Å². The van der Waals surface area contributed by atoms with Gasteiger partial charge in [0.2, 0.25) is 0 Å². The monoisotopic (exact) mass is 192 g/mol. The topological polar surface area (TPSA) is 38.4 Å². The van der Waals surface area contributed by atoms with E-state index < -0.39 is 8.07 Å². The molecule has 0 amide bonds. The lowest BCUT2D eigenvalue weighted by atomic mass is 10.2. The lowest BCUT2D eigenvalue weighted by molar-refractivity contribution is 1.26. The van der Waals surface area contributed by atoms with Gasteiger partial charge in [0, 0.05) is 0 Å². The first kappa shape index (κ1) is 9.99. The molecular weight excluding hydrogens is 176 g/mol. The van der Waals surface area contributed by atoms with Crippen LogP contribution in [0.3, 0.4) is 0 Å². The van der Waals surface area contributed by atoms with E-state index in [0.29, 0.717) is 0 Å². The summed E-state index contributed by atoms with van der Waals surface area (Å²) in [6, 6.07) is 8.46. The Morgan fingerprint density at radius 1 is 1.15 bits per heavy atom. The zero-order chi connectivity index (χ0) is 9.90. The van der Waals surface area contributed by atoms with E-state index in [1.165, 1.54) is 5.19 Å². The van der Waals surface area contributed by atoms with Crippen LogP contribution in [0.2, 0.25) is 19.6 Å². The van der Waals surface area contributed by atoms with Crippen molar-refractivity contribution in [2.45, 2.75) is 19.6 Å². The molecule has 2 nitrogen and oxygen atoms in total. The van der Waals surface area contributed by atoms with E-state index in [-0.39, 0.29) is 0 Å². The second-order valence-electron chi connectivity index (χ2n) is 4.15. The molecular formula is C10H16N2Si. The fourth-order valence-corrected chi connectivity index (χ4v) is 2.32. The van der Waals surface area contributed by atoms with Gasteiger partial charge >= 0.3 is 0 Å². The molecule has 0 aliphatic rings. The van der Waals surface area contributed by atoms with Crippen LogP contribution >= 0.6 is 0 Å². The Morgan fingerprint density at radius 2 is 1.69 bits per heavy atom. The van der Waals surface area contributed by atoms with Crippen LogP contribution in [0.5, 0.6) is 0 Å². The third-order valence-electron chi connectivity index (χ3n) is 2.00. The van der Waals surface area contributed by atoms with Gasteiger partial charge in [-0.3, -0.25) is 0 Å². The minimum absolute atomic E-state index is 1.06. The molecule has 0 bridgehead atoms. The van der Waals surface area contributed by atoms with E-state index in [4.69, 9.17) is 5.84 Å². The van der Waals surface area contributed by atoms with Crippen molar-refractivity contribution in [3.05, 3.63) is 29.8 Å². The van der Waals surface area contributed by atoms with Gasteiger partial charge in [-0.25, -0.2) is 0 Å². The Kier molecular flexibility index (Phi) is 2.88. The minimum atomic E-state index is -1.15. The first-order chi connectivity index (χ1) is 6.04. The van der Waals surface area contributed by atoms with Crippen molar-refractivity contribution in [3.8, 4) is 0 Å². The second kappa shape index (κ2) is 3.74. The first-order valence-corrected chi connectivity index (χ1v) is 7.88. The standard InChI is InChI=1S/C10H16N2Si/c1-13(2,3)10-6-4-9(5-7-10)8-12-11/h4-8H,11H2,1-3H3. The van der Waals surface area contributed by atoms with Crippen LogP contribution in [0.4, 0.5) is 0 Å². The Labute approximate surface area is 80.5 Å². The smallest absolute Gasteiger partial charge is 0.0775 e. The van der Waals surface area contributed by atoms with Crippen molar-refractivity contribution in [2.24, 2.45) is 10.9 Å². The molecule has 70 valence electrons. The van der Waals surface area contributed by atoms with Crippen molar-refractivity contribution >= 4 is 19.5 Å². The van der Waals surface area contributed by atoms with Crippen molar-refractivity contribution in [3.63, 3.8) is 0 Å². The van der Waals surface area contributed by atoms with Gasteiger partial charge in [-0.05, 0) is 5.56 Å². The highest BCUT2D eigenvalue weighted by Crippen LogP contribution is 2.03. The quantitative estimate of drug-likeness (QED) is 0.328. The van der Waals surface area contributed by atoms with Crippen LogP contribution in [0, 0.1) is 0 Å². The fraction of sp³-hybridized carbons (Fsp3) is 0.300. The maximum absolute atomic E-state index is 5.06. The Morgan fingerprint density at radius 3 is 2.08 bits per heavy atom. The Balaban J connectivity index is 2.94. The average Bonchev–Trinajstić information content (AvgIpc) is 2.04. The molecule has 0 radical (unpaired) electrons. The molecule has 0 fully saturated rings. The predicted octanol–water partition coefficient (Wildman–Crippen LogP) is 1.52. The normalized spacial score (nSPS) is 12.2. The summed E-state index contributed by atoms with van der Waals surface area (Å²) in [5.74, 6) is 5.06. The molecule has 0 atom stereocenters. The highest BCUT2D eigenvalue weighted by molar-refractivity contribution is 6.88. The number of nitrogens with zero attached hydrogens (tertiary/aromatic N) is 1. The fourth-order valence-electron chi connectivity index (χ4n) is 1.16. The van der Waals surface area contributed by atoms with Gasteiger partial charge in [0.25, 0.3) is 0 Å². The van der Waals surface area contributed by atoms with Gasteiger partial charge < -0.3 is 5.84 Å². The van der Waals surface area contributed by atoms with Crippen LogP contribution in [0.1, 0.15) is 5.56 Å². The van der Waals surface area contributed by atoms with Gasteiger partial charge in [-0.1, -0.05) is 49.1 Å². The average molecular weight is 192 g/mol. The van der Waals surface area contributed by atoms with E-state index in [1.807, 2.05) is 0 Å². The van der Waals surface area contributed by atoms with Crippen molar-refractivity contribution < 1.29 is 0 Å². The molecule has 0 aromatic heterocycles. The summed E-state index contributed by atoms with van der Waals surface area (Å²) < 4.78 is 0. The zero-order valence-electron chi connectivity index (χ0n) is 8.41. The summed E-state index contributed by atoms with van der Waals surface area (Å²) >= 11 is 0. The molecule has 0 aliphatic heterocycles. The van der Waals surface area contributed by atoms with E-state index in [1.54, 1.807) is 6.21 Å². The molecule has 13 heavy (non-hydrogen) atoms.